The van der Waals surface area contributed by atoms with Gasteiger partial charge in [-0.2, -0.15) is 0 Å². The number of hydrogen-bond acceptors (Lipinski definition) is 6. The van der Waals surface area contributed by atoms with Crippen molar-refractivity contribution < 1.29 is 18.8 Å². The number of imidazole rings is 1. The third-order valence-corrected chi connectivity index (χ3v) is 5.18. The van der Waals surface area contributed by atoms with Gasteiger partial charge in [0.1, 0.15) is 29.1 Å². The second-order valence-corrected chi connectivity index (χ2v) is 7.39. The largest absolute Gasteiger partial charge is 0.497 e. The molecule has 164 valence electrons. The molecule has 0 radical (unpaired) electrons. The molecule has 0 fully saturated rings. The van der Waals surface area contributed by atoms with Crippen LogP contribution in [0.4, 0.5) is 0 Å². The van der Waals surface area contributed by atoms with Gasteiger partial charge < -0.3 is 23.9 Å². The summed E-state index contributed by atoms with van der Waals surface area (Å²) in [6.45, 7) is 2.01. The van der Waals surface area contributed by atoms with E-state index in [1.807, 2.05) is 61.1 Å². The van der Waals surface area contributed by atoms with Crippen molar-refractivity contribution >= 4 is 5.91 Å². The minimum absolute atomic E-state index is 0.106. The fraction of sp³-hybridized carbons (Fsp3) is 0.208. The number of ether oxygens (including phenoxy) is 2. The van der Waals surface area contributed by atoms with E-state index in [0.29, 0.717) is 23.0 Å². The van der Waals surface area contributed by atoms with E-state index in [4.69, 9.17) is 14.0 Å². The van der Waals surface area contributed by atoms with Gasteiger partial charge in [-0.1, -0.05) is 35.0 Å². The van der Waals surface area contributed by atoms with Gasteiger partial charge in [-0.15, -0.1) is 0 Å². The smallest absolute Gasteiger partial charge is 0.290 e. The van der Waals surface area contributed by atoms with Gasteiger partial charge in [0.05, 0.1) is 14.2 Å². The normalized spacial score (nSPS) is 11.8. The van der Waals surface area contributed by atoms with E-state index in [2.05, 4.69) is 15.5 Å². The van der Waals surface area contributed by atoms with Crippen molar-refractivity contribution in [2.45, 2.75) is 13.0 Å². The number of carbonyl (C=O) groups excluding carboxylic acids is 1. The molecule has 0 aliphatic rings. The summed E-state index contributed by atoms with van der Waals surface area (Å²) in [5, 5.41) is 7.06. The maximum Gasteiger partial charge on any atom is 0.290 e. The number of aromatic nitrogens is 3. The van der Waals surface area contributed by atoms with Crippen molar-refractivity contribution in [1.82, 2.24) is 20.0 Å². The van der Waals surface area contributed by atoms with Crippen LogP contribution >= 0.6 is 0 Å². The highest BCUT2D eigenvalue weighted by Crippen LogP contribution is 2.30. The van der Waals surface area contributed by atoms with Crippen LogP contribution in [0.15, 0.2) is 65.4 Å². The van der Waals surface area contributed by atoms with Crippen LogP contribution in [0.3, 0.4) is 0 Å². The molecule has 8 heteroatoms. The first-order valence-electron chi connectivity index (χ1n) is 10.0. The number of amides is 1. The average molecular weight is 432 g/mol. The molecule has 2 aromatic heterocycles. The molecule has 1 atom stereocenters. The molecule has 4 rings (SSSR count). The molecule has 0 aliphatic carbocycles. The highest BCUT2D eigenvalue weighted by molar-refractivity contribution is 5.92. The van der Waals surface area contributed by atoms with Crippen LogP contribution in [-0.2, 0) is 7.05 Å². The van der Waals surface area contributed by atoms with E-state index in [1.165, 1.54) is 0 Å². The second-order valence-electron chi connectivity index (χ2n) is 7.39. The highest BCUT2D eigenvalue weighted by Gasteiger charge is 2.25. The van der Waals surface area contributed by atoms with Crippen molar-refractivity contribution in [2.24, 2.45) is 7.05 Å². The SMILES string of the molecule is COc1cc(OC)cc(C(NC(=O)c2cc(-c3ccc(C)cc3)no2)c2nccn2C)c1. The van der Waals surface area contributed by atoms with Gasteiger partial charge in [-0.3, -0.25) is 4.79 Å². The number of carbonyl (C=O) groups is 1. The van der Waals surface area contributed by atoms with E-state index in [9.17, 15) is 4.79 Å². The number of aryl methyl sites for hydroxylation is 2. The van der Waals surface area contributed by atoms with Gasteiger partial charge in [-0.25, -0.2) is 4.98 Å². The van der Waals surface area contributed by atoms with Crippen molar-refractivity contribution in [3.63, 3.8) is 0 Å². The summed E-state index contributed by atoms with van der Waals surface area (Å²) in [5.74, 6) is 1.55. The predicted octanol–water partition coefficient (Wildman–Crippen LogP) is 3.92. The van der Waals surface area contributed by atoms with Crippen molar-refractivity contribution in [3.8, 4) is 22.8 Å². The van der Waals surface area contributed by atoms with Gasteiger partial charge in [0.25, 0.3) is 5.91 Å². The summed E-state index contributed by atoms with van der Waals surface area (Å²) in [6.07, 6.45) is 3.49. The van der Waals surface area contributed by atoms with Gasteiger partial charge in [-0.05, 0) is 24.6 Å². The van der Waals surface area contributed by atoms with Crippen LogP contribution in [0.25, 0.3) is 11.3 Å². The number of rotatable bonds is 7. The molecule has 1 amide bonds. The quantitative estimate of drug-likeness (QED) is 0.476. The summed E-state index contributed by atoms with van der Waals surface area (Å²) in [7, 11) is 5.02. The molecule has 0 saturated heterocycles. The number of nitrogens with one attached hydrogen (secondary N) is 1. The lowest BCUT2D eigenvalue weighted by atomic mass is 10.0. The molecule has 1 N–H and O–H groups in total. The third kappa shape index (κ3) is 4.34. The zero-order valence-electron chi connectivity index (χ0n) is 18.3. The Hall–Kier alpha value is -4.07. The summed E-state index contributed by atoms with van der Waals surface area (Å²) in [4.78, 5) is 17.5. The number of benzene rings is 2. The summed E-state index contributed by atoms with van der Waals surface area (Å²) < 4.78 is 18.0. The Kier molecular flexibility index (Phi) is 5.93. The fourth-order valence-electron chi connectivity index (χ4n) is 3.39. The van der Waals surface area contributed by atoms with E-state index < -0.39 is 11.9 Å². The maximum atomic E-state index is 13.1. The summed E-state index contributed by atoms with van der Waals surface area (Å²) >= 11 is 0. The molecule has 2 aromatic carbocycles. The van der Waals surface area contributed by atoms with E-state index in [-0.39, 0.29) is 5.76 Å². The monoisotopic (exact) mass is 432 g/mol. The van der Waals surface area contributed by atoms with Crippen LogP contribution in [0.5, 0.6) is 11.5 Å². The lowest BCUT2D eigenvalue weighted by molar-refractivity contribution is 0.0904. The number of hydrogen-bond donors (Lipinski definition) is 1. The molecule has 0 aliphatic heterocycles. The molecule has 4 aromatic rings. The second kappa shape index (κ2) is 8.97. The Morgan fingerprint density at radius 1 is 1.06 bits per heavy atom. The molecule has 2 heterocycles. The predicted molar refractivity (Wildman–Crippen MR) is 119 cm³/mol. The first-order valence-corrected chi connectivity index (χ1v) is 10.0. The minimum Gasteiger partial charge on any atom is -0.497 e. The van der Waals surface area contributed by atoms with Crippen LogP contribution in [0.2, 0.25) is 0 Å². The molecule has 1 unspecified atom stereocenters. The lowest BCUT2D eigenvalue weighted by Crippen LogP contribution is -2.31. The van der Waals surface area contributed by atoms with Crippen LogP contribution in [0.1, 0.15) is 33.5 Å². The van der Waals surface area contributed by atoms with Gasteiger partial charge >= 0.3 is 0 Å². The first kappa shape index (κ1) is 21.2. The zero-order chi connectivity index (χ0) is 22.7. The average Bonchev–Trinajstić information content (AvgIpc) is 3.47. The third-order valence-electron chi connectivity index (χ3n) is 5.18. The van der Waals surface area contributed by atoms with E-state index in [0.717, 1.165) is 16.7 Å². The van der Waals surface area contributed by atoms with Crippen molar-refractivity contribution in [2.75, 3.05) is 14.2 Å². The molecule has 0 bridgehead atoms. The zero-order valence-corrected chi connectivity index (χ0v) is 18.3. The maximum absolute atomic E-state index is 13.1. The number of nitrogens with zero attached hydrogens (tertiary/aromatic N) is 3. The van der Waals surface area contributed by atoms with Gasteiger partial charge in [0.2, 0.25) is 5.76 Å². The fourth-order valence-corrected chi connectivity index (χ4v) is 3.39. The molecule has 0 spiro atoms. The number of methoxy groups -OCH3 is 2. The molecule has 0 saturated carbocycles. The van der Waals surface area contributed by atoms with Crippen LogP contribution in [-0.4, -0.2) is 34.8 Å². The molecule has 32 heavy (non-hydrogen) atoms. The molecular weight excluding hydrogens is 408 g/mol. The summed E-state index contributed by atoms with van der Waals surface area (Å²) in [5.41, 5.74) is 3.35. The Labute approximate surface area is 185 Å². The molecular formula is C24H24N4O4. The van der Waals surface area contributed by atoms with Crippen LogP contribution < -0.4 is 14.8 Å². The van der Waals surface area contributed by atoms with Gasteiger partial charge in [0, 0.05) is 37.1 Å². The van der Waals surface area contributed by atoms with Crippen molar-refractivity contribution in [1.29, 1.82) is 0 Å². The minimum atomic E-state index is -0.570. The Morgan fingerprint density at radius 2 is 1.75 bits per heavy atom. The first-order chi connectivity index (χ1) is 15.5. The molecule has 8 nitrogen and oxygen atoms in total. The standard InChI is InChI=1S/C24H24N4O4/c1-15-5-7-16(8-6-15)20-14-21(32-27-20)24(29)26-22(23-25-9-10-28(23)2)17-11-18(30-3)13-19(12-17)31-4/h5-14,22H,1-4H3,(H,26,29). The van der Waals surface area contributed by atoms with Gasteiger partial charge in [0.15, 0.2) is 0 Å². The van der Waals surface area contributed by atoms with Crippen LogP contribution in [0, 0.1) is 6.92 Å². The Balaban J connectivity index is 1.66. The topological polar surface area (TPSA) is 91.4 Å². The van der Waals surface area contributed by atoms with Crippen molar-refractivity contribution in [3.05, 3.63) is 83.6 Å². The van der Waals surface area contributed by atoms with E-state index >= 15 is 0 Å². The van der Waals surface area contributed by atoms with E-state index in [1.54, 1.807) is 32.5 Å². The Morgan fingerprint density at radius 3 is 2.34 bits per heavy atom. The highest BCUT2D eigenvalue weighted by atomic mass is 16.5. The summed E-state index contributed by atoms with van der Waals surface area (Å²) in [6, 6.07) is 14.3. The Bertz CT molecular complexity index is 1200. The lowest BCUT2D eigenvalue weighted by Gasteiger charge is -2.20.